The molecular formula is C24H24N2O3S. The summed E-state index contributed by atoms with van der Waals surface area (Å²) in [5, 5.41) is 5.45. The van der Waals surface area contributed by atoms with E-state index in [-0.39, 0.29) is 23.7 Å². The molecule has 5 nitrogen and oxygen atoms in total. The number of ether oxygens (including phenoxy) is 1. The van der Waals surface area contributed by atoms with Gasteiger partial charge in [-0.1, -0.05) is 42.0 Å². The maximum absolute atomic E-state index is 12.5. The monoisotopic (exact) mass is 420 g/mol. The summed E-state index contributed by atoms with van der Waals surface area (Å²) in [7, 11) is 0. The summed E-state index contributed by atoms with van der Waals surface area (Å²) in [5.74, 6) is 0.325. The highest BCUT2D eigenvalue weighted by Crippen LogP contribution is 2.26. The summed E-state index contributed by atoms with van der Waals surface area (Å²) in [4.78, 5) is 25.5. The Labute approximate surface area is 180 Å². The van der Waals surface area contributed by atoms with E-state index in [1.165, 1.54) is 11.8 Å². The fraction of sp³-hybridized carbons (Fsp3) is 0.167. The second-order valence-electron chi connectivity index (χ2n) is 6.79. The molecule has 2 amide bonds. The molecule has 3 rings (SSSR count). The number of para-hydroxylation sites is 1. The number of hydrogen-bond acceptors (Lipinski definition) is 4. The number of carbonyl (C=O) groups excluding carboxylic acids is 2. The summed E-state index contributed by atoms with van der Waals surface area (Å²) in [6, 6.07) is 24.3. The zero-order valence-corrected chi connectivity index (χ0v) is 17.7. The number of carbonyl (C=O) groups is 2. The molecular weight excluding hydrogens is 396 g/mol. The minimum absolute atomic E-state index is 0.0727. The second kappa shape index (κ2) is 10.5. The average molecular weight is 421 g/mol. The van der Waals surface area contributed by atoms with Crippen molar-refractivity contribution in [3.63, 3.8) is 0 Å². The van der Waals surface area contributed by atoms with Gasteiger partial charge in [-0.3, -0.25) is 9.59 Å². The molecule has 0 spiro atoms. The minimum Gasteiger partial charge on any atom is -0.484 e. The van der Waals surface area contributed by atoms with Crippen LogP contribution < -0.4 is 15.4 Å². The molecule has 3 aromatic carbocycles. The zero-order valence-electron chi connectivity index (χ0n) is 16.9. The molecule has 0 saturated carbocycles. The van der Waals surface area contributed by atoms with Gasteiger partial charge in [-0.15, -0.1) is 11.8 Å². The predicted molar refractivity (Wildman–Crippen MR) is 122 cm³/mol. The third-order valence-electron chi connectivity index (χ3n) is 4.23. The highest BCUT2D eigenvalue weighted by Gasteiger charge is 2.15. The predicted octanol–water partition coefficient (Wildman–Crippen LogP) is 5.13. The van der Waals surface area contributed by atoms with E-state index in [1.807, 2.05) is 80.6 Å². The van der Waals surface area contributed by atoms with Gasteiger partial charge in [-0.05, 0) is 56.3 Å². The van der Waals surface area contributed by atoms with E-state index in [9.17, 15) is 9.59 Å². The number of thioether (sulfide) groups is 1. The van der Waals surface area contributed by atoms with Crippen molar-refractivity contribution >= 4 is 35.0 Å². The van der Waals surface area contributed by atoms with Crippen molar-refractivity contribution in [3.8, 4) is 5.75 Å². The summed E-state index contributed by atoms with van der Waals surface area (Å²) in [5.41, 5.74) is 2.58. The van der Waals surface area contributed by atoms with Crippen molar-refractivity contribution in [1.29, 1.82) is 0 Å². The Morgan fingerprint density at radius 1 is 0.900 bits per heavy atom. The zero-order chi connectivity index (χ0) is 21.3. The highest BCUT2D eigenvalue weighted by atomic mass is 32.2. The topological polar surface area (TPSA) is 67.4 Å². The molecule has 0 fully saturated rings. The van der Waals surface area contributed by atoms with E-state index in [2.05, 4.69) is 10.6 Å². The lowest BCUT2D eigenvalue weighted by atomic mass is 10.2. The first kappa shape index (κ1) is 21.5. The van der Waals surface area contributed by atoms with Crippen molar-refractivity contribution in [2.45, 2.75) is 24.0 Å². The lowest BCUT2D eigenvalue weighted by Crippen LogP contribution is -2.22. The van der Waals surface area contributed by atoms with E-state index in [0.29, 0.717) is 11.4 Å². The third kappa shape index (κ3) is 6.67. The van der Waals surface area contributed by atoms with Crippen molar-refractivity contribution < 1.29 is 14.3 Å². The Balaban J connectivity index is 1.52. The third-order valence-corrected chi connectivity index (χ3v) is 5.33. The molecule has 30 heavy (non-hydrogen) atoms. The molecule has 1 unspecified atom stereocenters. The average Bonchev–Trinajstić information content (AvgIpc) is 2.75. The van der Waals surface area contributed by atoms with Crippen LogP contribution in [0.4, 0.5) is 11.4 Å². The van der Waals surface area contributed by atoms with Gasteiger partial charge in [-0.2, -0.15) is 0 Å². The molecule has 0 aromatic heterocycles. The quantitative estimate of drug-likeness (QED) is 0.496. The van der Waals surface area contributed by atoms with Gasteiger partial charge in [-0.25, -0.2) is 0 Å². The lowest BCUT2D eigenvalue weighted by Gasteiger charge is -2.13. The Morgan fingerprint density at radius 2 is 1.63 bits per heavy atom. The molecule has 6 heteroatoms. The molecule has 0 aliphatic carbocycles. The maximum Gasteiger partial charge on any atom is 0.262 e. The Kier molecular flexibility index (Phi) is 7.51. The fourth-order valence-electron chi connectivity index (χ4n) is 2.65. The Morgan fingerprint density at radius 3 is 2.37 bits per heavy atom. The van der Waals surface area contributed by atoms with Crippen LogP contribution in [-0.4, -0.2) is 23.7 Å². The molecule has 0 saturated heterocycles. The van der Waals surface area contributed by atoms with Gasteiger partial charge in [0.1, 0.15) is 5.75 Å². The number of anilines is 2. The van der Waals surface area contributed by atoms with E-state index in [1.54, 1.807) is 12.1 Å². The molecule has 154 valence electrons. The number of nitrogens with one attached hydrogen (secondary N) is 2. The van der Waals surface area contributed by atoms with E-state index in [4.69, 9.17) is 4.74 Å². The number of hydrogen-bond donors (Lipinski definition) is 2. The molecule has 2 N–H and O–H groups in total. The van der Waals surface area contributed by atoms with Crippen LogP contribution in [0.15, 0.2) is 83.8 Å². The molecule has 1 atom stereocenters. The number of rotatable bonds is 8. The van der Waals surface area contributed by atoms with Crippen LogP contribution >= 0.6 is 11.8 Å². The van der Waals surface area contributed by atoms with E-state index in [0.717, 1.165) is 16.1 Å². The molecule has 0 heterocycles. The fourth-order valence-corrected chi connectivity index (χ4v) is 3.57. The SMILES string of the molecule is Cc1ccc(NC(=O)C(C)Sc2cccc(NC(=O)COc3ccccc3)c2)cc1. The van der Waals surface area contributed by atoms with Gasteiger partial charge < -0.3 is 15.4 Å². The summed E-state index contributed by atoms with van der Waals surface area (Å²) < 4.78 is 5.46. The van der Waals surface area contributed by atoms with Crippen molar-refractivity contribution in [2.24, 2.45) is 0 Å². The van der Waals surface area contributed by atoms with Gasteiger partial charge in [0, 0.05) is 16.3 Å². The molecule has 0 aliphatic rings. The highest BCUT2D eigenvalue weighted by molar-refractivity contribution is 8.00. The first-order valence-corrected chi connectivity index (χ1v) is 10.5. The Bertz CT molecular complexity index is 991. The second-order valence-corrected chi connectivity index (χ2v) is 8.21. The molecule has 3 aromatic rings. The minimum atomic E-state index is -0.293. The van der Waals surface area contributed by atoms with Crippen molar-refractivity contribution in [1.82, 2.24) is 0 Å². The van der Waals surface area contributed by atoms with Crippen LogP contribution in [0, 0.1) is 6.92 Å². The smallest absolute Gasteiger partial charge is 0.262 e. The van der Waals surface area contributed by atoms with Gasteiger partial charge in [0.15, 0.2) is 6.61 Å². The first-order valence-electron chi connectivity index (χ1n) is 9.61. The van der Waals surface area contributed by atoms with Crippen LogP contribution in [0.5, 0.6) is 5.75 Å². The van der Waals surface area contributed by atoms with Gasteiger partial charge in [0.05, 0.1) is 5.25 Å². The van der Waals surface area contributed by atoms with Gasteiger partial charge in [0.25, 0.3) is 5.91 Å². The standard InChI is InChI=1S/C24H24N2O3S/c1-17-11-13-19(14-12-17)26-24(28)18(2)30-22-10-6-7-20(15-22)25-23(27)16-29-21-8-4-3-5-9-21/h3-15,18H,16H2,1-2H3,(H,25,27)(H,26,28). The number of benzene rings is 3. The largest absolute Gasteiger partial charge is 0.484 e. The number of amides is 2. The van der Waals surface area contributed by atoms with Crippen LogP contribution in [0.3, 0.4) is 0 Å². The summed E-state index contributed by atoms with van der Waals surface area (Å²) in [6.07, 6.45) is 0. The van der Waals surface area contributed by atoms with Crippen LogP contribution in [-0.2, 0) is 9.59 Å². The van der Waals surface area contributed by atoms with Crippen LogP contribution in [0.2, 0.25) is 0 Å². The molecule has 0 aliphatic heterocycles. The van der Waals surface area contributed by atoms with Crippen LogP contribution in [0.1, 0.15) is 12.5 Å². The van der Waals surface area contributed by atoms with Crippen molar-refractivity contribution in [3.05, 3.63) is 84.4 Å². The normalized spacial score (nSPS) is 11.4. The maximum atomic E-state index is 12.5. The van der Waals surface area contributed by atoms with Gasteiger partial charge in [0.2, 0.25) is 5.91 Å². The van der Waals surface area contributed by atoms with Crippen molar-refractivity contribution in [2.75, 3.05) is 17.2 Å². The lowest BCUT2D eigenvalue weighted by molar-refractivity contribution is -0.118. The molecule has 0 radical (unpaired) electrons. The van der Waals surface area contributed by atoms with Gasteiger partial charge >= 0.3 is 0 Å². The number of aryl methyl sites for hydroxylation is 1. The first-order chi connectivity index (χ1) is 14.5. The van der Waals surface area contributed by atoms with Crippen LogP contribution in [0.25, 0.3) is 0 Å². The van der Waals surface area contributed by atoms with E-state index < -0.39 is 0 Å². The summed E-state index contributed by atoms with van der Waals surface area (Å²) >= 11 is 1.43. The van der Waals surface area contributed by atoms with E-state index >= 15 is 0 Å². The summed E-state index contributed by atoms with van der Waals surface area (Å²) in [6.45, 7) is 3.79. The molecule has 0 bridgehead atoms. The Hall–Kier alpha value is -3.25.